The van der Waals surface area contributed by atoms with Crippen LogP contribution in [-0.4, -0.2) is 16.5 Å². The molecule has 0 radical (unpaired) electrons. The van der Waals surface area contributed by atoms with Crippen LogP contribution in [0.5, 0.6) is 0 Å². The van der Waals surface area contributed by atoms with Crippen molar-refractivity contribution < 1.29 is 18.0 Å². The summed E-state index contributed by atoms with van der Waals surface area (Å²) in [6.45, 7) is 0. The molecule has 0 atom stereocenters. The first-order valence-electron chi connectivity index (χ1n) is 6.87. The first-order valence-corrected chi connectivity index (χ1v) is 6.87. The monoisotopic (exact) mass is 306 g/mol. The van der Waals surface area contributed by atoms with E-state index in [-0.39, 0.29) is 0 Å². The van der Waals surface area contributed by atoms with E-state index < -0.39 is 0 Å². The SMILES string of the molecule is O=Cc1ccc(-c2ccc(-c3nnc(-c4ccco4)o3)cc2)o1. The van der Waals surface area contributed by atoms with Gasteiger partial charge in [0.25, 0.3) is 5.89 Å². The molecule has 112 valence electrons. The summed E-state index contributed by atoms with van der Waals surface area (Å²) in [6.07, 6.45) is 2.22. The highest BCUT2D eigenvalue weighted by Gasteiger charge is 2.13. The van der Waals surface area contributed by atoms with Crippen molar-refractivity contribution in [3.8, 4) is 34.4 Å². The van der Waals surface area contributed by atoms with Crippen molar-refractivity contribution in [1.29, 1.82) is 0 Å². The van der Waals surface area contributed by atoms with Gasteiger partial charge in [0.1, 0.15) is 5.76 Å². The molecule has 3 heterocycles. The van der Waals surface area contributed by atoms with Crippen LogP contribution < -0.4 is 0 Å². The van der Waals surface area contributed by atoms with Crippen LogP contribution in [0.2, 0.25) is 0 Å². The maximum Gasteiger partial charge on any atom is 0.283 e. The minimum Gasteiger partial charge on any atom is -0.459 e. The lowest BCUT2D eigenvalue weighted by Crippen LogP contribution is -1.79. The van der Waals surface area contributed by atoms with Crippen molar-refractivity contribution in [2.45, 2.75) is 0 Å². The Balaban J connectivity index is 1.62. The second-order valence-electron chi connectivity index (χ2n) is 4.79. The van der Waals surface area contributed by atoms with Gasteiger partial charge in [0.2, 0.25) is 5.89 Å². The van der Waals surface area contributed by atoms with Crippen molar-refractivity contribution in [2.75, 3.05) is 0 Å². The smallest absolute Gasteiger partial charge is 0.283 e. The van der Waals surface area contributed by atoms with Gasteiger partial charge in [-0.2, -0.15) is 0 Å². The molecule has 0 bridgehead atoms. The molecular formula is C17H10N2O4. The van der Waals surface area contributed by atoms with Gasteiger partial charge in [-0.25, -0.2) is 0 Å². The first kappa shape index (κ1) is 13.3. The molecule has 4 aromatic rings. The van der Waals surface area contributed by atoms with Gasteiger partial charge in [-0.1, -0.05) is 12.1 Å². The fraction of sp³-hybridized carbons (Fsp3) is 0. The molecule has 6 heteroatoms. The Morgan fingerprint density at radius 1 is 0.783 bits per heavy atom. The molecule has 0 saturated carbocycles. The molecule has 4 rings (SSSR count). The molecule has 0 spiro atoms. The van der Waals surface area contributed by atoms with Gasteiger partial charge >= 0.3 is 0 Å². The van der Waals surface area contributed by atoms with E-state index in [0.717, 1.165) is 11.1 Å². The molecule has 0 saturated heterocycles. The highest BCUT2D eigenvalue weighted by atomic mass is 16.4. The summed E-state index contributed by atoms with van der Waals surface area (Å²) in [6, 6.07) is 14.3. The number of carbonyl (C=O) groups excluding carboxylic acids is 1. The summed E-state index contributed by atoms with van der Waals surface area (Å²) in [5.74, 6) is 2.17. The van der Waals surface area contributed by atoms with Crippen molar-refractivity contribution >= 4 is 6.29 Å². The number of carbonyl (C=O) groups is 1. The van der Waals surface area contributed by atoms with Gasteiger partial charge in [-0.05, 0) is 36.4 Å². The zero-order chi connectivity index (χ0) is 15.6. The van der Waals surface area contributed by atoms with Gasteiger partial charge in [-0.3, -0.25) is 4.79 Å². The Morgan fingerprint density at radius 3 is 2.26 bits per heavy atom. The van der Waals surface area contributed by atoms with Crippen LogP contribution in [0.15, 0.2) is 68.0 Å². The number of aldehydes is 1. The first-order chi connectivity index (χ1) is 11.3. The van der Waals surface area contributed by atoms with E-state index in [1.807, 2.05) is 24.3 Å². The standard InChI is InChI=1S/C17H10N2O4/c20-10-13-7-8-14(22-13)11-3-5-12(6-4-11)16-18-19-17(23-16)15-2-1-9-21-15/h1-10H. The molecule has 0 aliphatic heterocycles. The van der Waals surface area contributed by atoms with Gasteiger partial charge < -0.3 is 13.3 Å². The Kier molecular flexibility index (Phi) is 3.12. The molecular weight excluding hydrogens is 296 g/mol. The number of nitrogens with zero attached hydrogens (tertiary/aromatic N) is 2. The van der Waals surface area contributed by atoms with Crippen LogP contribution in [0, 0.1) is 0 Å². The summed E-state index contributed by atoms with van der Waals surface area (Å²) in [5, 5.41) is 7.98. The van der Waals surface area contributed by atoms with Gasteiger partial charge in [0.05, 0.1) is 6.26 Å². The molecule has 0 unspecified atom stereocenters. The minimum atomic E-state index is 0.295. The number of rotatable bonds is 4. The Bertz CT molecular complexity index is 933. The van der Waals surface area contributed by atoms with Gasteiger partial charge in [-0.15, -0.1) is 10.2 Å². The van der Waals surface area contributed by atoms with Crippen LogP contribution in [0.4, 0.5) is 0 Å². The Morgan fingerprint density at radius 2 is 1.57 bits per heavy atom. The fourth-order valence-electron chi connectivity index (χ4n) is 2.19. The lowest BCUT2D eigenvalue weighted by atomic mass is 10.1. The zero-order valence-corrected chi connectivity index (χ0v) is 11.8. The van der Waals surface area contributed by atoms with Crippen LogP contribution in [-0.2, 0) is 0 Å². The zero-order valence-electron chi connectivity index (χ0n) is 11.8. The molecule has 0 aliphatic rings. The summed E-state index contributed by atoms with van der Waals surface area (Å²) < 4.78 is 16.2. The second-order valence-corrected chi connectivity index (χ2v) is 4.79. The molecule has 1 aromatic carbocycles. The lowest BCUT2D eigenvalue weighted by Gasteiger charge is -1.98. The van der Waals surface area contributed by atoms with E-state index in [0.29, 0.717) is 35.3 Å². The summed E-state index contributed by atoms with van der Waals surface area (Å²) in [4.78, 5) is 10.7. The highest BCUT2D eigenvalue weighted by Crippen LogP contribution is 2.27. The van der Waals surface area contributed by atoms with E-state index in [9.17, 15) is 4.79 Å². The maximum atomic E-state index is 10.7. The van der Waals surface area contributed by atoms with Crippen LogP contribution in [0.25, 0.3) is 34.4 Å². The Hall–Kier alpha value is -3.41. The molecule has 0 N–H and O–H groups in total. The highest BCUT2D eigenvalue weighted by molar-refractivity contribution is 5.73. The fourth-order valence-corrected chi connectivity index (χ4v) is 2.19. The lowest BCUT2D eigenvalue weighted by molar-refractivity contribution is 0.110. The summed E-state index contributed by atoms with van der Waals surface area (Å²) >= 11 is 0. The summed E-state index contributed by atoms with van der Waals surface area (Å²) in [5.41, 5.74) is 1.63. The number of hydrogen-bond donors (Lipinski definition) is 0. The molecule has 6 nitrogen and oxygen atoms in total. The van der Waals surface area contributed by atoms with E-state index in [1.165, 1.54) is 0 Å². The average molecular weight is 306 g/mol. The molecule has 23 heavy (non-hydrogen) atoms. The van der Waals surface area contributed by atoms with Gasteiger partial charge in [0, 0.05) is 11.1 Å². The van der Waals surface area contributed by atoms with Crippen molar-refractivity contribution in [3.05, 3.63) is 60.6 Å². The second kappa shape index (κ2) is 5.42. The number of furan rings is 2. The van der Waals surface area contributed by atoms with Crippen LogP contribution in [0.3, 0.4) is 0 Å². The number of hydrogen-bond acceptors (Lipinski definition) is 6. The van der Waals surface area contributed by atoms with Crippen LogP contribution in [0.1, 0.15) is 10.6 Å². The Labute approximate surface area is 130 Å². The topological polar surface area (TPSA) is 82.3 Å². The maximum absolute atomic E-state index is 10.7. The third-order valence-corrected chi connectivity index (χ3v) is 3.32. The third kappa shape index (κ3) is 2.46. The van der Waals surface area contributed by atoms with Crippen molar-refractivity contribution in [1.82, 2.24) is 10.2 Å². The van der Waals surface area contributed by atoms with E-state index in [4.69, 9.17) is 13.3 Å². The third-order valence-electron chi connectivity index (χ3n) is 3.32. The van der Waals surface area contributed by atoms with Crippen LogP contribution >= 0.6 is 0 Å². The average Bonchev–Trinajstić information content (AvgIpc) is 3.34. The predicted octanol–water partition coefficient (Wildman–Crippen LogP) is 4.07. The molecule has 3 aromatic heterocycles. The number of benzene rings is 1. The quantitative estimate of drug-likeness (QED) is 0.528. The van der Waals surface area contributed by atoms with E-state index in [1.54, 1.807) is 30.5 Å². The molecule has 0 aliphatic carbocycles. The normalized spacial score (nSPS) is 10.8. The number of aromatic nitrogens is 2. The molecule has 0 fully saturated rings. The predicted molar refractivity (Wildman–Crippen MR) is 80.5 cm³/mol. The largest absolute Gasteiger partial charge is 0.459 e. The van der Waals surface area contributed by atoms with Gasteiger partial charge in [0.15, 0.2) is 17.8 Å². The van der Waals surface area contributed by atoms with E-state index in [2.05, 4.69) is 10.2 Å². The minimum absolute atomic E-state index is 0.295. The van der Waals surface area contributed by atoms with Crippen molar-refractivity contribution in [2.24, 2.45) is 0 Å². The molecule has 0 amide bonds. The van der Waals surface area contributed by atoms with Crippen molar-refractivity contribution in [3.63, 3.8) is 0 Å². The van der Waals surface area contributed by atoms with E-state index >= 15 is 0 Å². The summed E-state index contributed by atoms with van der Waals surface area (Å²) in [7, 11) is 0.